The molecule has 0 radical (unpaired) electrons. The van der Waals surface area contributed by atoms with Crippen LogP contribution in [0, 0.1) is 30.6 Å². The molecule has 4 heteroatoms. The first-order chi connectivity index (χ1) is 16.6. The summed E-state index contributed by atoms with van der Waals surface area (Å²) in [6.07, 6.45) is 7.60. The van der Waals surface area contributed by atoms with Gasteiger partial charge in [-0.2, -0.15) is 0 Å². The molecular weight excluding hydrogens is 436 g/mol. The lowest BCUT2D eigenvalue weighted by Gasteiger charge is -2.32. The standard InChI is InChI=1S/C31H46O4/c1-7-9-25(27(8-2)29(34)16-22(6)32)17-23-18-28-24(13-15-26(33)14-10-20(3)4)12-11-21(5)31(28)30(35)19-23/h11-12,20,23,25,27H,7-10,13-19H2,1-6H3. The van der Waals surface area contributed by atoms with Crippen molar-refractivity contribution < 1.29 is 19.2 Å². The SMILES string of the molecule is CCCC(CC1CC(=O)c2c(C)ccc(CCC(=O)CCC(C)C)c2C1)C(CC)C(=O)CC(C)=O. The molecule has 0 saturated heterocycles. The first-order valence-corrected chi connectivity index (χ1v) is 13.8. The average Bonchev–Trinajstić information content (AvgIpc) is 2.77. The van der Waals surface area contributed by atoms with Gasteiger partial charge in [-0.1, -0.05) is 52.7 Å². The van der Waals surface area contributed by atoms with Crippen molar-refractivity contribution >= 4 is 23.1 Å². The van der Waals surface area contributed by atoms with Gasteiger partial charge in [0.05, 0.1) is 6.42 Å². The smallest absolute Gasteiger partial charge is 0.163 e. The zero-order valence-electron chi connectivity index (χ0n) is 22.9. The summed E-state index contributed by atoms with van der Waals surface area (Å²) in [7, 11) is 0. The predicted octanol–water partition coefficient (Wildman–Crippen LogP) is 7.06. The Morgan fingerprint density at radius 1 is 1.03 bits per heavy atom. The maximum absolute atomic E-state index is 13.3. The highest BCUT2D eigenvalue weighted by Crippen LogP contribution is 2.37. The summed E-state index contributed by atoms with van der Waals surface area (Å²) in [5, 5.41) is 0. The number of benzene rings is 1. The van der Waals surface area contributed by atoms with E-state index in [1.165, 1.54) is 6.92 Å². The van der Waals surface area contributed by atoms with Gasteiger partial charge in [0.2, 0.25) is 0 Å². The molecule has 0 aromatic heterocycles. The summed E-state index contributed by atoms with van der Waals surface area (Å²) in [6.45, 7) is 11.9. The molecule has 0 N–H and O–H groups in total. The van der Waals surface area contributed by atoms with Crippen molar-refractivity contribution in [2.75, 3.05) is 0 Å². The van der Waals surface area contributed by atoms with Crippen molar-refractivity contribution in [1.29, 1.82) is 0 Å². The zero-order chi connectivity index (χ0) is 26.1. The minimum atomic E-state index is -0.120. The quantitative estimate of drug-likeness (QED) is 0.251. The van der Waals surface area contributed by atoms with E-state index >= 15 is 0 Å². The van der Waals surface area contributed by atoms with Crippen molar-refractivity contribution in [2.24, 2.45) is 23.7 Å². The molecule has 0 fully saturated rings. The van der Waals surface area contributed by atoms with Crippen LogP contribution in [0.4, 0.5) is 0 Å². The summed E-state index contributed by atoms with van der Waals surface area (Å²) in [6, 6.07) is 4.13. The van der Waals surface area contributed by atoms with Gasteiger partial charge in [0.25, 0.3) is 0 Å². The maximum Gasteiger partial charge on any atom is 0.163 e. The number of ketones is 4. The molecule has 0 amide bonds. The van der Waals surface area contributed by atoms with E-state index in [1.54, 1.807) is 0 Å². The normalized spacial score (nSPS) is 17.2. The number of Topliss-reactive ketones (excluding diaryl/α,β-unsaturated/α-hetero) is 4. The van der Waals surface area contributed by atoms with E-state index in [0.29, 0.717) is 37.4 Å². The average molecular weight is 483 g/mol. The topological polar surface area (TPSA) is 68.3 Å². The molecule has 0 spiro atoms. The van der Waals surface area contributed by atoms with E-state index < -0.39 is 0 Å². The number of hydrogen-bond acceptors (Lipinski definition) is 4. The second-order valence-corrected chi connectivity index (χ2v) is 11.2. The largest absolute Gasteiger partial charge is 0.300 e. The molecule has 194 valence electrons. The highest BCUT2D eigenvalue weighted by Gasteiger charge is 2.33. The Bertz CT molecular complexity index is 911. The molecule has 1 aromatic carbocycles. The second kappa shape index (κ2) is 13.8. The van der Waals surface area contributed by atoms with Gasteiger partial charge in [0, 0.05) is 30.7 Å². The Labute approximate surface area is 212 Å². The Balaban J connectivity index is 2.21. The van der Waals surface area contributed by atoms with Crippen molar-refractivity contribution in [3.63, 3.8) is 0 Å². The van der Waals surface area contributed by atoms with Crippen molar-refractivity contribution in [1.82, 2.24) is 0 Å². The highest BCUT2D eigenvalue weighted by atomic mass is 16.1. The van der Waals surface area contributed by atoms with Gasteiger partial charge in [-0.05, 0) is 80.4 Å². The van der Waals surface area contributed by atoms with Crippen molar-refractivity contribution in [3.05, 3.63) is 34.4 Å². The van der Waals surface area contributed by atoms with Crippen LogP contribution in [0.15, 0.2) is 12.1 Å². The Morgan fingerprint density at radius 3 is 2.34 bits per heavy atom. The van der Waals surface area contributed by atoms with E-state index in [4.69, 9.17) is 0 Å². The summed E-state index contributed by atoms with van der Waals surface area (Å²) in [5.41, 5.74) is 4.14. The van der Waals surface area contributed by atoms with Crippen LogP contribution in [0.5, 0.6) is 0 Å². The van der Waals surface area contributed by atoms with Crippen LogP contribution >= 0.6 is 0 Å². The number of carbonyl (C=O) groups excluding carboxylic acids is 4. The van der Waals surface area contributed by atoms with Gasteiger partial charge < -0.3 is 0 Å². The van der Waals surface area contributed by atoms with Gasteiger partial charge in [0.15, 0.2) is 5.78 Å². The van der Waals surface area contributed by atoms with E-state index in [-0.39, 0.29) is 41.5 Å². The fourth-order valence-electron chi connectivity index (χ4n) is 5.89. The van der Waals surface area contributed by atoms with Crippen LogP contribution in [0.25, 0.3) is 0 Å². The molecule has 0 saturated carbocycles. The van der Waals surface area contributed by atoms with E-state index in [2.05, 4.69) is 26.8 Å². The van der Waals surface area contributed by atoms with Crippen LogP contribution in [0.2, 0.25) is 0 Å². The summed E-state index contributed by atoms with van der Waals surface area (Å²) >= 11 is 0. The summed E-state index contributed by atoms with van der Waals surface area (Å²) < 4.78 is 0. The highest BCUT2D eigenvalue weighted by molar-refractivity contribution is 6.00. The van der Waals surface area contributed by atoms with E-state index in [1.807, 2.05) is 19.9 Å². The molecule has 0 bridgehead atoms. The molecule has 2 rings (SSSR count). The molecule has 3 atom stereocenters. The molecule has 1 aliphatic rings. The van der Waals surface area contributed by atoms with Gasteiger partial charge in [-0.25, -0.2) is 0 Å². The lowest BCUT2D eigenvalue weighted by Crippen LogP contribution is -2.30. The Kier molecular flexibility index (Phi) is 11.5. The third-order valence-electron chi connectivity index (χ3n) is 7.68. The van der Waals surface area contributed by atoms with Crippen LogP contribution in [-0.2, 0) is 27.2 Å². The predicted molar refractivity (Wildman–Crippen MR) is 142 cm³/mol. The molecule has 35 heavy (non-hydrogen) atoms. The monoisotopic (exact) mass is 482 g/mol. The lowest BCUT2D eigenvalue weighted by molar-refractivity contribution is -0.130. The third kappa shape index (κ3) is 8.51. The van der Waals surface area contributed by atoms with Gasteiger partial charge in [-0.3, -0.25) is 19.2 Å². The van der Waals surface area contributed by atoms with Gasteiger partial charge >= 0.3 is 0 Å². The molecule has 3 unspecified atom stereocenters. The van der Waals surface area contributed by atoms with Crippen molar-refractivity contribution in [2.45, 2.75) is 112 Å². The number of aryl methyl sites for hydroxylation is 2. The fourth-order valence-corrected chi connectivity index (χ4v) is 5.89. The lowest BCUT2D eigenvalue weighted by atomic mass is 9.71. The number of rotatable bonds is 15. The molecular formula is C31H46O4. The molecule has 1 aromatic rings. The second-order valence-electron chi connectivity index (χ2n) is 11.2. The van der Waals surface area contributed by atoms with E-state index in [0.717, 1.165) is 60.8 Å². The van der Waals surface area contributed by atoms with Gasteiger partial charge in [-0.15, -0.1) is 0 Å². The van der Waals surface area contributed by atoms with E-state index in [9.17, 15) is 19.2 Å². The minimum Gasteiger partial charge on any atom is -0.300 e. The number of fused-ring (bicyclic) bond motifs is 1. The van der Waals surface area contributed by atoms with Gasteiger partial charge in [0.1, 0.15) is 17.3 Å². The Hall–Kier alpha value is -2.10. The number of carbonyl (C=O) groups is 4. The first kappa shape index (κ1) is 29.1. The summed E-state index contributed by atoms with van der Waals surface area (Å²) in [4.78, 5) is 50.1. The molecule has 4 nitrogen and oxygen atoms in total. The Morgan fingerprint density at radius 2 is 1.74 bits per heavy atom. The molecule has 0 heterocycles. The minimum absolute atomic E-state index is 0.0132. The van der Waals surface area contributed by atoms with Crippen LogP contribution in [0.1, 0.15) is 119 Å². The van der Waals surface area contributed by atoms with Crippen LogP contribution in [-0.4, -0.2) is 23.1 Å². The van der Waals surface area contributed by atoms with Crippen molar-refractivity contribution in [3.8, 4) is 0 Å². The fraction of sp³-hybridized carbons (Fsp3) is 0.677. The maximum atomic E-state index is 13.3. The van der Waals surface area contributed by atoms with Crippen LogP contribution in [0.3, 0.4) is 0 Å². The number of hydrogen-bond donors (Lipinski definition) is 0. The third-order valence-corrected chi connectivity index (χ3v) is 7.68. The molecule has 0 aliphatic heterocycles. The van der Waals surface area contributed by atoms with Crippen LogP contribution < -0.4 is 0 Å². The first-order valence-electron chi connectivity index (χ1n) is 13.8. The summed E-state index contributed by atoms with van der Waals surface area (Å²) in [5.74, 6) is 1.27. The zero-order valence-corrected chi connectivity index (χ0v) is 22.9. The molecule has 1 aliphatic carbocycles.